The Hall–Kier alpha value is -2.66. The highest BCUT2D eigenvalue weighted by molar-refractivity contribution is 6.10. The lowest BCUT2D eigenvalue weighted by Gasteiger charge is -2.30. The molecular formula is C20H23F3N4O4. The topological polar surface area (TPSA) is 105 Å². The summed E-state index contributed by atoms with van der Waals surface area (Å²) in [6.07, 6.45) is -1.50. The van der Waals surface area contributed by atoms with Crippen LogP contribution in [0.2, 0.25) is 0 Å². The van der Waals surface area contributed by atoms with E-state index in [1.165, 1.54) is 11.0 Å². The van der Waals surface area contributed by atoms with Gasteiger partial charge in [-0.2, -0.15) is 13.2 Å². The molecule has 1 saturated heterocycles. The first kappa shape index (κ1) is 21.6. The number of anilines is 2. The Bertz CT molecular complexity index is 887. The van der Waals surface area contributed by atoms with Crippen LogP contribution < -0.4 is 16.0 Å². The fourth-order valence-corrected chi connectivity index (χ4v) is 3.91. The average molecular weight is 440 g/mol. The number of carbonyl (C=O) groups excluding carboxylic acids is 3. The molecule has 4 rings (SSSR count). The second-order valence-corrected chi connectivity index (χ2v) is 8.03. The van der Waals surface area contributed by atoms with E-state index < -0.39 is 41.2 Å². The summed E-state index contributed by atoms with van der Waals surface area (Å²) in [5, 5.41) is 2.26. The molecule has 3 N–H and O–H groups in total. The summed E-state index contributed by atoms with van der Waals surface area (Å²) in [5.74, 6) is -2.22. The number of hydrogen-bond acceptors (Lipinski definition) is 5. The van der Waals surface area contributed by atoms with Crippen molar-refractivity contribution in [3.8, 4) is 0 Å². The molecule has 1 aromatic carbocycles. The van der Waals surface area contributed by atoms with Gasteiger partial charge < -0.3 is 20.7 Å². The zero-order valence-electron chi connectivity index (χ0n) is 16.7. The first-order valence-corrected chi connectivity index (χ1v) is 10.1. The molecule has 2 aliphatic carbocycles. The minimum Gasteiger partial charge on any atom is -0.370 e. The maximum atomic E-state index is 13.8. The molecule has 1 atom stereocenters. The number of nitrogens with two attached hydrogens (primary N) is 1. The van der Waals surface area contributed by atoms with E-state index in [4.69, 9.17) is 10.5 Å². The van der Waals surface area contributed by atoms with Crippen LogP contribution in [-0.4, -0.2) is 60.5 Å². The summed E-state index contributed by atoms with van der Waals surface area (Å²) >= 11 is 0. The standard InChI is InChI=1S/C20H23F3N4O4/c21-20(22,23)14-9-13(26-7-8-31-10-16(26)28)5-6-15(14)25-19(30)17(18(24)29)27(11-1-2-11)12-3-4-12/h5-6,9,11-12,17H,1-4,7-8,10H2,(H2,24,29)(H,25,30)/t17-/m0/s1. The maximum absolute atomic E-state index is 13.8. The summed E-state index contributed by atoms with van der Waals surface area (Å²) in [4.78, 5) is 39.9. The molecule has 0 aromatic heterocycles. The number of primary amides is 1. The molecule has 0 spiro atoms. The lowest BCUT2D eigenvalue weighted by atomic mass is 10.1. The molecule has 8 nitrogen and oxygen atoms in total. The van der Waals surface area contributed by atoms with Gasteiger partial charge in [-0.25, -0.2) is 0 Å². The van der Waals surface area contributed by atoms with Gasteiger partial charge in [0.1, 0.15) is 6.61 Å². The van der Waals surface area contributed by atoms with E-state index in [9.17, 15) is 27.6 Å². The summed E-state index contributed by atoms with van der Waals surface area (Å²) in [6, 6.07) is 2.00. The Labute approximate surface area is 176 Å². The van der Waals surface area contributed by atoms with Gasteiger partial charge in [0, 0.05) is 24.3 Å². The van der Waals surface area contributed by atoms with Crippen molar-refractivity contribution in [1.29, 1.82) is 0 Å². The monoisotopic (exact) mass is 440 g/mol. The Balaban J connectivity index is 1.61. The third kappa shape index (κ3) is 4.67. The Morgan fingerprint density at radius 1 is 1.19 bits per heavy atom. The first-order valence-electron chi connectivity index (χ1n) is 10.1. The number of rotatable bonds is 7. The van der Waals surface area contributed by atoms with Crippen LogP contribution in [0.5, 0.6) is 0 Å². The van der Waals surface area contributed by atoms with Gasteiger partial charge in [0.2, 0.25) is 5.91 Å². The molecule has 3 fully saturated rings. The van der Waals surface area contributed by atoms with Crippen LogP contribution in [-0.2, 0) is 25.3 Å². The van der Waals surface area contributed by atoms with Crippen LogP contribution in [0.4, 0.5) is 24.5 Å². The number of ether oxygens (including phenoxy) is 1. The van der Waals surface area contributed by atoms with E-state index in [2.05, 4.69) is 5.32 Å². The van der Waals surface area contributed by atoms with Crippen molar-refractivity contribution in [2.24, 2.45) is 5.73 Å². The molecule has 1 aliphatic heterocycles. The normalized spacial score (nSPS) is 20.6. The van der Waals surface area contributed by atoms with E-state index in [0.29, 0.717) is 0 Å². The second-order valence-electron chi connectivity index (χ2n) is 8.03. The van der Waals surface area contributed by atoms with Gasteiger partial charge in [0.25, 0.3) is 11.8 Å². The average Bonchev–Trinajstić information content (AvgIpc) is 3.60. The van der Waals surface area contributed by atoms with Crippen LogP contribution in [0.25, 0.3) is 0 Å². The molecule has 3 aliphatic rings. The van der Waals surface area contributed by atoms with Crippen LogP contribution in [0.3, 0.4) is 0 Å². The summed E-state index contributed by atoms with van der Waals surface area (Å²) in [7, 11) is 0. The number of amides is 3. The maximum Gasteiger partial charge on any atom is 0.418 e. The molecule has 168 valence electrons. The van der Waals surface area contributed by atoms with Gasteiger partial charge in [0.05, 0.1) is 17.9 Å². The van der Waals surface area contributed by atoms with Gasteiger partial charge in [-0.15, -0.1) is 0 Å². The van der Waals surface area contributed by atoms with Crippen molar-refractivity contribution in [3.05, 3.63) is 23.8 Å². The number of nitrogens with zero attached hydrogens (tertiary/aromatic N) is 2. The Morgan fingerprint density at radius 3 is 2.35 bits per heavy atom. The largest absolute Gasteiger partial charge is 0.418 e. The van der Waals surface area contributed by atoms with E-state index >= 15 is 0 Å². The number of hydrogen-bond donors (Lipinski definition) is 2. The van der Waals surface area contributed by atoms with Crippen molar-refractivity contribution < 1.29 is 32.3 Å². The fourth-order valence-electron chi connectivity index (χ4n) is 3.91. The minimum absolute atomic E-state index is 0.0487. The zero-order chi connectivity index (χ0) is 22.3. The third-order valence-corrected chi connectivity index (χ3v) is 5.62. The van der Waals surface area contributed by atoms with Crippen molar-refractivity contribution in [3.63, 3.8) is 0 Å². The van der Waals surface area contributed by atoms with E-state index in [1.54, 1.807) is 4.90 Å². The highest BCUT2D eigenvalue weighted by Gasteiger charge is 2.48. The van der Waals surface area contributed by atoms with Gasteiger partial charge >= 0.3 is 6.18 Å². The number of morpholine rings is 1. The molecule has 3 amide bonds. The lowest BCUT2D eigenvalue weighted by molar-refractivity contribution is -0.137. The second kappa shape index (κ2) is 8.12. The van der Waals surface area contributed by atoms with E-state index in [1.807, 2.05) is 0 Å². The molecule has 1 heterocycles. The summed E-state index contributed by atoms with van der Waals surface area (Å²) in [6.45, 7) is 0.131. The third-order valence-electron chi connectivity index (χ3n) is 5.62. The fraction of sp³-hybridized carbons (Fsp3) is 0.550. The summed E-state index contributed by atoms with van der Waals surface area (Å²) in [5.41, 5.74) is 3.93. The van der Waals surface area contributed by atoms with E-state index in [0.717, 1.165) is 37.8 Å². The van der Waals surface area contributed by atoms with Crippen LogP contribution >= 0.6 is 0 Å². The molecule has 0 bridgehead atoms. The van der Waals surface area contributed by atoms with Crippen molar-refractivity contribution in [2.45, 2.75) is 50.0 Å². The highest BCUT2D eigenvalue weighted by Crippen LogP contribution is 2.40. The lowest BCUT2D eigenvalue weighted by Crippen LogP contribution is -2.54. The predicted octanol–water partition coefficient (Wildman–Crippen LogP) is 1.49. The van der Waals surface area contributed by atoms with Crippen molar-refractivity contribution in [1.82, 2.24) is 4.90 Å². The SMILES string of the molecule is NC(=O)[C@@H](C(=O)Nc1ccc(N2CCOCC2=O)cc1C(F)(F)F)N(C1CC1)C1CC1. The van der Waals surface area contributed by atoms with Gasteiger partial charge in [-0.3, -0.25) is 19.3 Å². The molecule has 31 heavy (non-hydrogen) atoms. The van der Waals surface area contributed by atoms with Crippen molar-refractivity contribution in [2.75, 3.05) is 30.0 Å². The molecule has 0 radical (unpaired) electrons. The Morgan fingerprint density at radius 2 is 1.84 bits per heavy atom. The van der Waals surface area contributed by atoms with Gasteiger partial charge in [-0.1, -0.05) is 0 Å². The smallest absolute Gasteiger partial charge is 0.370 e. The number of halogens is 3. The zero-order valence-corrected chi connectivity index (χ0v) is 16.7. The van der Waals surface area contributed by atoms with Gasteiger partial charge in [-0.05, 0) is 43.9 Å². The minimum atomic E-state index is -4.79. The number of carbonyl (C=O) groups is 3. The van der Waals surface area contributed by atoms with Crippen LogP contribution in [0, 0.1) is 0 Å². The quantitative estimate of drug-likeness (QED) is 0.625. The highest BCUT2D eigenvalue weighted by atomic mass is 19.4. The van der Waals surface area contributed by atoms with Gasteiger partial charge in [0.15, 0.2) is 6.04 Å². The van der Waals surface area contributed by atoms with Crippen LogP contribution in [0.1, 0.15) is 31.2 Å². The van der Waals surface area contributed by atoms with Crippen molar-refractivity contribution >= 4 is 29.1 Å². The predicted molar refractivity (Wildman–Crippen MR) is 104 cm³/mol. The first-order chi connectivity index (χ1) is 14.7. The molecule has 2 saturated carbocycles. The molecular weight excluding hydrogens is 417 g/mol. The number of nitrogens with one attached hydrogen (secondary N) is 1. The Kier molecular flexibility index (Phi) is 5.65. The summed E-state index contributed by atoms with van der Waals surface area (Å²) < 4.78 is 46.3. The molecule has 0 unspecified atom stereocenters. The number of benzene rings is 1. The van der Waals surface area contributed by atoms with E-state index in [-0.39, 0.29) is 37.5 Å². The van der Waals surface area contributed by atoms with Crippen LogP contribution in [0.15, 0.2) is 18.2 Å². The molecule has 1 aromatic rings. The molecule has 11 heteroatoms. The number of alkyl halides is 3.